The molecule has 21 heavy (non-hydrogen) atoms. The average Bonchev–Trinajstić information content (AvgIpc) is 2.46. The summed E-state index contributed by atoms with van der Waals surface area (Å²) in [6, 6.07) is 10.2. The first-order valence-corrected chi connectivity index (χ1v) is 6.85. The molecule has 0 aliphatic rings. The van der Waals surface area contributed by atoms with Crippen LogP contribution in [0.15, 0.2) is 48.7 Å². The standard InChI is InChI=1S/C17H15ClFNO/c1-11-6-7-13(10-12(11)2)16(21)8-9-20-15-5-3-4-14(18)17(15)19/h3-10,20H,1-2H3/b9-8+. The van der Waals surface area contributed by atoms with Crippen molar-refractivity contribution in [3.8, 4) is 0 Å². The third-order valence-electron chi connectivity index (χ3n) is 3.22. The van der Waals surface area contributed by atoms with Crippen LogP contribution in [0, 0.1) is 19.7 Å². The Hall–Kier alpha value is -2.13. The van der Waals surface area contributed by atoms with Crippen LogP contribution in [0.25, 0.3) is 0 Å². The lowest BCUT2D eigenvalue weighted by atomic mass is 10.0. The number of hydrogen-bond acceptors (Lipinski definition) is 2. The topological polar surface area (TPSA) is 29.1 Å². The van der Waals surface area contributed by atoms with Crippen LogP contribution >= 0.6 is 11.6 Å². The Morgan fingerprint density at radius 1 is 1.19 bits per heavy atom. The number of carbonyl (C=O) groups excluding carboxylic acids is 1. The molecule has 0 bridgehead atoms. The van der Waals surface area contributed by atoms with Crippen molar-refractivity contribution in [2.45, 2.75) is 13.8 Å². The summed E-state index contributed by atoms with van der Waals surface area (Å²) >= 11 is 5.68. The van der Waals surface area contributed by atoms with E-state index < -0.39 is 5.82 Å². The fourth-order valence-corrected chi connectivity index (χ4v) is 1.99. The van der Waals surface area contributed by atoms with Crippen LogP contribution in [-0.2, 0) is 0 Å². The highest BCUT2D eigenvalue weighted by Gasteiger charge is 2.05. The molecule has 0 heterocycles. The normalized spacial score (nSPS) is 10.9. The third-order valence-corrected chi connectivity index (χ3v) is 3.51. The molecule has 0 aliphatic carbocycles. The summed E-state index contributed by atoms with van der Waals surface area (Å²) in [5, 5.41) is 2.76. The van der Waals surface area contributed by atoms with Gasteiger partial charge < -0.3 is 5.32 Å². The van der Waals surface area contributed by atoms with Gasteiger partial charge in [-0.25, -0.2) is 4.39 Å². The molecular formula is C17H15ClFNO. The molecule has 2 aromatic carbocycles. The van der Waals surface area contributed by atoms with E-state index in [2.05, 4.69) is 5.32 Å². The number of anilines is 1. The first kappa shape index (κ1) is 15.3. The van der Waals surface area contributed by atoms with Crippen molar-refractivity contribution in [1.82, 2.24) is 0 Å². The minimum absolute atomic E-state index is 0.0360. The zero-order valence-electron chi connectivity index (χ0n) is 11.8. The van der Waals surface area contributed by atoms with Gasteiger partial charge in [0.1, 0.15) is 0 Å². The number of allylic oxidation sites excluding steroid dienone is 1. The van der Waals surface area contributed by atoms with Crippen molar-refractivity contribution in [2.24, 2.45) is 0 Å². The molecule has 0 radical (unpaired) electrons. The van der Waals surface area contributed by atoms with E-state index in [1.807, 2.05) is 26.0 Å². The lowest BCUT2D eigenvalue weighted by Gasteiger charge is -2.04. The van der Waals surface area contributed by atoms with Crippen molar-refractivity contribution < 1.29 is 9.18 Å². The Balaban J connectivity index is 2.09. The van der Waals surface area contributed by atoms with Crippen LogP contribution in [-0.4, -0.2) is 5.78 Å². The van der Waals surface area contributed by atoms with Crippen molar-refractivity contribution >= 4 is 23.1 Å². The highest BCUT2D eigenvalue weighted by atomic mass is 35.5. The molecule has 0 unspecified atom stereocenters. The molecule has 0 aromatic heterocycles. The van der Waals surface area contributed by atoms with Crippen LogP contribution in [0.5, 0.6) is 0 Å². The number of rotatable bonds is 4. The van der Waals surface area contributed by atoms with E-state index in [-0.39, 0.29) is 16.5 Å². The molecule has 0 saturated carbocycles. The minimum atomic E-state index is -0.539. The summed E-state index contributed by atoms with van der Waals surface area (Å²) in [5.74, 6) is -0.685. The molecule has 0 saturated heterocycles. The number of carbonyl (C=O) groups is 1. The van der Waals surface area contributed by atoms with Gasteiger partial charge in [-0.2, -0.15) is 0 Å². The summed E-state index contributed by atoms with van der Waals surface area (Å²) in [6.45, 7) is 3.94. The first-order valence-electron chi connectivity index (χ1n) is 6.47. The van der Waals surface area contributed by atoms with Gasteiger partial charge in [0.25, 0.3) is 0 Å². The molecule has 0 atom stereocenters. The van der Waals surface area contributed by atoms with Gasteiger partial charge in [0.15, 0.2) is 11.6 Å². The van der Waals surface area contributed by atoms with Gasteiger partial charge in [0.05, 0.1) is 10.7 Å². The largest absolute Gasteiger partial charge is 0.359 e. The summed E-state index contributed by atoms with van der Waals surface area (Å²) in [6.07, 6.45) is 2.77. The van der Waals surface area contributed by atoms with Gasteiger partial charge in [-0.3, -0.25) is 4.79 Å². The quantitative estimate of drug-likeness (QED) is 0.642. The molecule has 0 amide bonds. The number of nitrogens with one attached hydrogen (secondary N) is 1. The molecule has 0 fully saturated rings. The Labute approximate surface area is 128 Å². The van der Waals surface area contributed by atoms with Crippen molar-refractivity contribution in [3.05, 3.63) is 76.2 Å². The Bertz CT molecular complexity index is 710. The second-order valence-electron chi connectivity index (χ2n) is 4.74. The highest BCUT2D eigenvalue weighted by molar-refractivity contribution is 6.31. The fourth-order valence-electron chi connectivity index (χ4n) is 1.81. The van der Waals surface area contributed by atoms with E-state index >= 15 is 0 Å². The predicted molar refractivity (Wildman–Crippen MR) is 84.4 cm³/mol. The second-order valence-corrected chi connectivity index (χ2v) is 5.15. The predicted octanol–water partition coefficient (Wildman–Crippen LogP) is 4.90. The SMILES string of the molecule is Cc1ccc(C(=O)/C=C/Nc2cccc(Cl)c2F)cc1C. The van der Waals surface area contributed by atoms with Crippen molar-refractivity contribution in [1.29, 1.82) is 0 Å². The zero-order chi connectivity index (χ0) is 15.4. The lowest BCUT2D eigenvalue weighted by molar-refractivity contribution is 0.104. The minimum Gasteiger partial charge on any atom is -0.359 e. The maximum absolute atomic E-state index is 13.6. The summed E-state index contributed by atoms with van der Waals surface area (Å²) < 4.78 is 13.6. The van der Waals surface area contributed by atoms with Crippen molar-refractivity contribution in [2.75, 3.05) is 5.32 Å². The molecular weight excluding hydrogens is 289 g/mol. The first-order chi connectivity index (χ1) is 9.99. The van der Waals surface area contributed by atoms with E-state index in [1.54, 1.807) is 18.2 Å². The van der Waals surface area contributed by atoms with Crippen LogP contribution in [0.4, 0.5) is 10.1 Å². The Morgan fingerprint density at radius 3 is 2.67 bits per heavy atom. The van der Waals surface area contributed by atoms with Crippen LogP contribution in [0.2, 0.25) is 5.02 Å². The summed E-state index contributed by atoms with van der Waals surface area (Å²) in [4.78, 5) is 12.0. The fraction of sp³-hybridized carbons (Fsp3) is 0.118. The number of aryl methyl sites for hydroxylation is 2. The molecule has 4 heteroatoms. The van der Waals surface area contributed by atoms with E-state index in [1.165, 1.54) is 18.3 Å². The number of benzene rings is 2. The van der Waals surface area contributed by atoms with E-state index in [0.717, 1.165) is 11.1 Å². The average molecular weight is 304 g/mol. The van der Waals surface area contributed by atoms with Crippen LogP contribution in [0.1, 0.15) is 21.5 Å². The third kappa shape index (κ3) is 3.70. The Kier molecular flexibility index (Phi) is 4.76. The number of ketones is 1. The zero-order valence-corrected chi connectivity index (χ0v) is 12.5. The number of hydrogen-bond donors (Lipinski definition) is 1. The van der Waals surface area contributed by atoms with Gasteiger partial charge in [0.2, 0.25) is 0 Å². The second kappa shape index (κ2) is 6.55. The lowest BCUT2D eigenvalue weighted by Crippen LogP contribution is -1.98. The van der Waals surface area contributed by atoms with E-state index in [4.69, 9.17) is 11.6 Å². The molecule has 1 N–H and O–H groups in total. The van der Waals surface area contributed by atoms with Gasteiger partial charge in [0, 0.05) is 17.8 Å². The molecule has 0 aliphatic heterocycles. The number of halogens is 2. The maximum Gasteiger partial charge on any atom is 0.187 e. The molecule has 2 rings (SSSR count). The van der Waals surface area contributed by atoms with Gasteiger partial charge in [-0.15, -0.1) is 0 Å². The molecule has 108 valence electrons. The summed E-state index contributed by atoms with van der Waals surface area (Å²) in [7, 11) is 0. The van der Waals surface area contributed by atoms with Crippen molar-refractivity contribution in [3.63, 3.8) is 0 Å². The van der Waals surface area contributed by atoms with E-state index in [9.17, 15) is 9.18 Å². The van der Waals surface area contributed by atoms with E-state index in [0.29, 0.717) is 5.56 Å². The molecule has 2 aromatic rings. The Morgan fingerprint density at radius 2 is 1.95 bits per heavy atom. The maximum atomic E-state index is 13.6. The monoisotopic (exact) mass is 303 g/mol. The van der Waals surface area contributed by atoms with Gasteiger partial charge in [-0.05, 0) is 43.2 Å². The van der Waals surface area contributed by atoms with Crippen LogP contribution in [0.3, 0.4) is 0 Å². The highest BCUT2D eigenvalue weighted by Crippen LogP contribution is 2.21. The molecule has 2 nitrogen and oxygen atoms in total. The summed E-state index contributed by atoms with van der Waals surface area (Å²) in [5.41, 5.74) is 3.02. The van der Waals surface area contributed by atoms with Crippen LogP contribution < -0.4 is 5.32 Å². The van der Waals surface area contributed by atoms with Gasteiger partial charge in [-0.1, -0.05) is 29.8 Å². The van der Waals surface area contributed by atoms with Gasteiger partial charge >= 0.3 is 0 Å². The molecule has 0 spiro atoms. The smallest absolute Gasteiger partial charge is 0.187 e.